The first kappa shape index (κ1) is 18.2. The molecule has 122 valence electrons. The molecule has 1 rings (SSSR count). The van der Waals surface area contributed by atoms with Crippen LogP contribution in [0.25, 0.3) is 0 Å². The summed E-state index contributed by atoms with van der Waals surface area (Å²) in [5.41, 5.74) is 0.932. The van der Waals surface area contributed by atoms with Crippen LogP contribution >= 0.6 is 0 Å². The van der Waals surface area contributed by atoms with Crippen LogP contribution < -0.4 is 10.0 Å². The van der Waals surface area contributed by atoms with Crippen molar-refractivity contribution in [2.45, 2.75) is 51.2 Å². The van der Waals surface area contributed by atoms with Crippen molar-refractivity contribution in [1.29, 1.82) is 0 Å². The molecule has 2 N–H and O–H groups in total. The molecule has 1 unspecified atom stereocenters. The van der Waals surface area contributed by atoms with E-state index < -0.39 is 10.0 Å². The van der Waals surface area contributed by atoms with Crippen LogP contribution in [-0.4, -0.2) is 38.3 Å². The molecule has 0 saturated carbocycles. The Morgan fingerprint density at radius 1 is 1.33 bits per heavy atom. The lowest BCUT2D eigenvalue weighted by Crippen LogP contribution is -2.35. The molecule has 0 aromatic carbocycles. The summed E-state index contributed by atoms with van der Waals surface area (Å²) in [5.74, 6) is 0. The largest absolute Gasteiger partial charge is 0.380 e. The van der Waals surface area contributed by atoms with Crippen molar-refractivity contribution in [3.05, 3.63) is 18.0 Å². The number of hydrogen-bond donors (Lipinski definition) is 2. The standard InChI is InChI=1S/C14H27N3O3S/c1-6-20-10-12(4)16-21(18,19)14-7-13(17(5)9-14)8-15-11(2)3/h7,9,11-12,15-16H,6,8,10H2,1-5H3. The number of hydrogen-bond acceptors (Lipinski definition) is 4. The molecule has 0 aliphatic heterocycles. The third-order valence-corrected chi connectivity index (χ3v) is 4.57. The van der Waals surface area contributed by atoms with E-state index in [-0.39, 0.29) is 10.9 Å². The normalized spacial score (nSPS) is 13.8. The molecule has 0 radical (unpaired) electrons. The van der Waals surface area contributed by atoms with Crippen molar-refractivity contribution in [2.75, 3.05) is 13.2 Å². The predicted octanol–water partition coefficient (Wildman–Crippen LogP) is 1.23. The zero-order valence-electron chi connectivity index (χ0n) is 13.5. The maximum atomic E-state index is 12.3. The van der Waals surface area contributed by atoms with Gasteiger partial charge in [-0.2, -0.15) is 0 Å². The molecule has 1 atom stereocenters. The highest BCUT2D eigenvalue weighted by Crippen LogP contribution is 2.14. The molecular formula is C14H27N3O3S. The van der Waals surface area contributed by atoms with Crippen molar-refractivity contribution in [1.82, 2.24) is 14.6 Å². The van der Waals surface area contributed by atoms with E-state index >= 15 is 0 Å². The molecule has 1 heterocycles. The Hall–Kier alpha value is -0.890. The Morgan fingerprint density at radius 3 is 2.57 bits per heavy atom. The van der Waals surface area contributed by atoms with Gasteiger partial charge in [0.05, 0.1) is 11.5 Å². The fourth-order valence-corrected chi connectivity index (χ4v) is 3.19. The van der Waals surface area contributed by atoms with Gasteiger partial charge < -0.3 is 14.6 Å². The van der Waals surface area contributed by atoms with Crippen LogP contribution in [0.1, 0.15) is 33.4 Å². The minimum atomic E-state index is -3.51. The van der Waals surface area contributed by atoms with E-state index in [4.69, 9.17) is 4.74 Å². The van der Waals surface area contributed by atoms with Gasteiger partial charge in [-0.05, 0) is 19.9 Å². The first-order valence-corrected chi connectivity index (χ1v) is 8.73. The zero-order valence-corrected chi connectivity index (χ0v) is 14.3. The molecule has 0 fully saturated rings. The highest BCUT2D eigenvalue weighted by atomic mass is 32.2. The summed E-state index contributed by atoms with van der Waals surface area (Å²) in [6.45, 7) is 9.35. The third-order valence-electron chi connectivity index (χ3n) is 3.01. The Balaban J connectivity index is 2.77. The summed E-state index contributed by atoms with van der Waals surface area (Å²) in [7, 11) is -1.66. The zero-order chi connectivity index (χ0) is 16.0. The van der Waals surface area contributed by atoms with E-state index in [1.54, 1.807) is 19.2 Å². The second kappa shape index (κ2) is 7.93. The molecule has 0 amide bonds. The minimum absolute atomic E-state index is 0.257. The summed E-state index contributed by atoms with van der Waals surface area (Å²) < 4.78 is 34.3. The number of rotatable bonds is 9. The van der Waals surface area contributed by atoms with E-state index in [1.165, 1.54) is 0 Å². The van der Waals surface area contributed by atoms with Crippen molar-refractivity contribution in [3.63, 3.8) is 0 Å². The van der Waals surface area contributed by atoms with Crippen LogP contribution in [0.15, 0.2) is 17.2 Å². The Labute approximate surface area is 127 Å². The molecule has 0 aliphatic carbocycles. The van der Waals surface area contributed by atoms with Gasteiger partial charge in [0.15, 0.2) is 0 Å². The first-order chi connectivity index (χ1) is 9.76. The quantitative estimate of drug-likeness (QED) is 0.718. The second-order valence-corrected chi connectivity index (χ2v) is 7.21. The van der Waals surface area contributed by atoms with Gasteiger partial charge in [0.25, 0.3) is 0 Å². The van der Waals surface area contributed by atoms with Gasteiger partial charge >= 0.3 is 0 Å². The van der Waals surface area contributed by atoms with Crippen molar-refractivity contribution < 1.29 is 13.2 Å². The van der Waals surface area contributed by atoms with Gasteiger partial charge in [0.1, 0.15) is 0 Å². The maximum Gasteiger partial charge on any atom is 0.242 e. The van der Waals surface area contributed by atoms with E-state index in [0.29, 0.717) is 25.8 Å². The second-order valence-electron chi connectivity index (χ2n) is 5.50. The molecular weight excluding hydrogens is 290 g/mol. The molecule has 0 aliphatic rings. The summed E-state index contributed by atoms with van der Waals surface area (Å²) in [4.78, 5) is 0.286. The van der Waals surface area contributed by atoms with Gasteiger partial charge in [-0.1, -0.05) is 13.8 Å². The molecule has 1 aromatic rings. The molecule has 0 bridgehead atoms. The third kappa shape index (κ3) is 5.78. The molecule has 1 aromatic heterocycles. The predicted molar refractivity (Wildman–Crippen MR) is 83.7 cm³/mol. The number of ether oxygens (including phenoxy) is 1. The summed E-state index contributed by atoms with van der Waals surface area (Å²) in [6.07, 6.45) is 1.63. The summed E-state index contributed by atoms with van der Waals surface area (Å²) in [5, 5.41) is 3.28. The number of aryl methyl sites for hydroxylation is 1. The summed E-state index contributed by atoms with van der Waals surface area (Å²) >= 11 is 0. The fourth-order valence-electron chi connectivity index (χ4n) is 1.87. The lowest BCUT2D eigenvalue weighted by Gasteiger charge is -2.13. The van der Waals surface area contributed by atoms with Crippen molar-refractivity contribution >= 4 is 10.0 Å². The van der Waals surface area contributed by atoms with Crippen molar-refractivity contribution in [3.8, 4) is 0 Å². The lowest BCUT2D eigenvalue weighted by atomic mass is 10.3. The Kier molecular flexibility index (Phi) is 6.86. The van der Waals surface area contributed by atoms with Crippen LogP contribution in [-0.2, 0) is 28.4 Å². The van der Waals surface area contributed by atoms with E-state index in [9.17, 15) is 8.42 Å². The van der Waals surface area contributed by atoms with Gasteiger partial charge in [0, 0.05) is 44.2 Å². The highest BCUT2D eigenvalue weighted by molar-refractivity contribution is 7.89. The monoisotopic (exact) mass is 317 g/mol. The number of nitrogens with one attached hydrogen (secondary N) is 2. The highest BCUT2D eigenvalue weighted by Gasteiger charge is 2.20. The number of sulfonamides is 1. The first-order valence-electron chi connectivity index (χ1n) is 7.25. The smallest absolute Gasteiger partial charge is 0.242 e. The van der Waals surface area contributed by atoms with Crippen LogP contribution in [0.3, 0.4) is 0 Å². The topological polar surface area (TPSA) is 72.4 Å². The molecule has 21 heavy (non-hydrogen) atoms. The van der Waals surface area contributed by atoms with E-state index in [0.717, 1.165) is 5.69 Å². The number of aromatic nitrogens is 1. The van der Waals surface area contributed by atoms with E-state index in [2.05, 4.69) is 23.9 Å². The maximum absolute atomic E-state index is 12.3. The minimum Gasteiger partial charge on any atom is -0.380 e. The van der Waals surface area contributed by atoms with Gasteiger partial charge in [0.2, 0.25) is 10.0 Å². The van der Waals surface area contributed by atoms with Crippen LogP contribution in [0, 0.1) is 0 Å². The van der Waals surface area contributed by atoms with Crippen molar-refractivity contribution in [2.24, 2.45) is 7.05 Å². The van der Waals surface area contributed by atoms with Crippen LogP contribution in [0.4, 0.5) is 0 Å². The molecule has 0 saturated heterocycles. The molecule has 6 nitrogen and oxygen atoms in total. The van der Waals surface area contributed by atoms with Crippen LogP contribution in [0.2, 0.25) is 0 Å². The van der Waals surface area contributed by atoms with Crippen LogP contribution in [0.5, 0.6) is 0 Å². The Bertz CT molecular complexity index is 538. The fraction of sp³-hybridized carbons (Fsp3) is 0.714. The average molecular weight is 317 g/mol. The molecule has 0 spiro atoms. The Morgan fingerprint density at radius 2 is 2.00 bits per heavy atom. The SMILES string of the molecule is CCOCC(C)NS(=O)(=O)c1cc(CNC(C)C)n(C)c1. The van der Waals surface area contributed by atoms with Gasteiger partial charge in [-0.3, -0.25) is 0 Å². The van der Waals surface area contributed by atoms with Gasteiger partial charge in [-0.15, -0.1) is 0 Å². The lowest BCUT2D eigenvalue weighted by molar-refractivity contribution is 0.133. The average Bonchev–Trinajstić information content (AvgIpc) is 2.75. The summed E-state index contributed by atoms with van der Waals surface area (Å²) in [6, 6.07) is 1.79. The van der Waals surface area contributed by atoms with E-state index in [1.807, 2.05) is 18.5 Å². The molecule has 7 heteroatoms. The number of nitrogens with zero attached hydrogens (tertiary/aromatic N) is 1. The van der Waals surface area contributed by atoms with Gasteiger partial charge in [-0.25, -0.2) is 13.1 Å².